The predicted octanol–water partition coefficient (Wildman–Crippen LogP) is 13.7. The van der Waals surface area contributed by atoms with E-state index in [-0.39, 0.29) is 0 Å². The minimum absolute atomic E-state index is 0.294. The molecule has 0 atom stereocenters. The standard InChI is InChI=1S/C46H28F2N2S/c47-37-12-4-6-14-39(37)50(40-15-7-5-13-38(40)48)34-22-24-36-35-23-19-29(27-43(35)51-44(36)28-34)17-18-30-25-32-21-20-31-9-8-16-41-45(31)46(32)42(26-30)49(41)33-10-2-1-3-11-33/h1-28H/b18-17+. The van der Waals surface area contributed by atoms with Crippen molar-refractivity contribution in [2.45, 2.75) is 0 Å². The van der Waals surface area contributed by atoms with Gasteiger partial charge in [0.25, 0.3) is 0 Å². The van der Waals surface area contributed by atoms with Crippen LogP contribution in [0.25, 0.3) is 70.6 Å². The van der Waals surface area contributed by atoms with E-state index in [0.717, 1.165) is 37.0 Å². The third-order valence-corrected chi connectivity index (χ3v) is 10.9. The maximum atomic E-state index is 15.2. The first kappa shape index (κ1) is 29.6. The minimum Gasteiger partial charge on any atom is -0.309 e. The van der Waals surface area contributed by atoms with E-state index in [2.05, 4.69) is 114 Å². The van der Waals surface area contributed by atoms with Gasteiger partial charge in [-0.1, -0.05) is 97.1 Å². The second kappa shape index (κ2) is 11.7. The second-order valence-electron chi connectivity index (χ2n) is 12.9. The summed E-state index contributed by atoms with van der Waals surface area (Å²) in [5.41, 5.74) is 7.07. The van der Waals surface area contributed by atoms with Crippen LogP contribution < -0.4 is 4.90 Å². The van der Waals surface area contributed by atoms with Crippen molar-refractivity contribution in [1.82, 2.24) is 4.57 Å². The molecular weight excluding hydrogens is 651 g/mol. The van der Waals surface area contributed by atoms with Crippen molar-refractivity contribution in [3.05, 3.63) is 180 Å². The zero-order valence-electron chi connectivity index (χ0n) is 27.2. The quantitative estimate of drug-likeness (QED) is 0.126. The molecule has 8 aromatic carbocycles. The molecule has 10 aromatic rings. The predicted molar refractivity (Wildman–Crippen MR) is 212 cm³/mol. The Morgan fingerprint density at radius 3 is 1.90 bits per heavy atom. The molecule has 0 amide bonds. The van der Waals surface area contributed by atoms with Crippen LogP contribution >= 0.6 is 11.3 Å². The number of hydrogen-bond donors (Lipinski definition) is 0. The summed E-state index contributed by atoms with van der Waals surface area (Å²) in [5.74, 6) is -0.835. The van der Waals surface area contributed by atoms with Crippen LogP contribution in [0.1, 0.15) is 11.1 Å². The second-order valence-corrected chi connectivity index (χ2v) is 13.9. The Kier molecular flexibility index (Phi) is 6.76. The van der Waals surface area contributed by atoms with Crippen molar-refractivity contribution in [3.63, 3.8) is 0 Å². The van der Waals surface area contributed by atoms with E-state index in [1.807, 2.05) is 12.1 Å². The molecule has 0 bridgehead atoms. The van der Waals surface area contributed by atoms with Gasteiger partial charge in [-0.25, -0.2) is 8.78 Å². The summed E-state index contributed by atoms with van der Waals surface area (Å²) >= 11 is 1.68. The fourth-order valence-corrected chi connectivity index (χ4v) is 8.75. The molecule has 242 valence electrons. The number of fused-ring (bicyclic) bond motifs is 3. The fourth-order valence-electron chi connectivity index (χ4n) is 7.56. The van der Waals surface area contributed by atoms with Gasteiger partial charge in [0.1, 0.15) is 11.6 Å². The van der Waals surface area contributed by atoms with Crippen molar-refractivity contribution < 1.29 is 8.78 Å². The van der Waals surface area contributed by atoms with Gasteiger partial charge in [0.05, 0.1) is 22.4 Å². The molecule has 2 heterocycles. The van der Waals surface area contributed by atoms with Gasteiger partial charge in [0.15, 0.2) is 0 Å². The highest BCUT2D eigenvalue weighted by atomic mass is 32.1. The van der Waals surface area contributed by atoms with Crippen LogP contribution in [0.3, 0.4) is 0 Å². The molecule has 2 aromatic heterocycles. The molecule has 0 saturated carbocycles. The molecule has 0 unspecified atom stereocenters. The zero-order chi connectivity index (χ0) is 34.1. The third-order valence-electron chi connectivity index (χ3n) is 9.83. The highest BCUT2D eigenvalue weighted by Crippen LogP contribution is 2.43. The molecule has 10 rings (SSSR count). The molecule has 0 spiro atoms. The Hall–Kier alpha value is -6.30. The van der Waals surface area contributed by atoms with Crippen LogP contribution in [0, 0.1) is 11.6 Å². The maximum absolute atomic E-state index is 15.2. The summed E-state index contributed by atoms with van der Waals surface area (Å²) in [5, 5.41) is 7.33. The van der Waals surface area contributed by atoms with E-state index in [4.69, 9.17) is 0 Å². The number of benzene rings is 8. The molecule has 0 N–H and O–H groups in total. The largest absolute Gasteiger partial charge is 0.309 e. The molecule has 0 aliphatic heterocycles. The maximum Gasteiger partial charge on any atom is 0.147 e. The molecule has 0 radical (unpaired) electrons. The van der Waals surface area contributed by atoms with Crippen LogP contribution in [-0.4, -0.2) is 4.57 Å². The average Bonchev–Trinajstić information content (AvgIpc) is 3.70. The van der Waals surface area contributed by atoms with Gasteiger partial charge in [0.2, 0.25) is 0 Å². The van der Waals surface area contributed by atoms with E-state index >= 15 is 8.78 Å². The summed E-state index contributed by atoms with van der Waals surface area (Å²) in [7, 11) is 0. The van der Waals surface area contributed by atoms with Gasteiger partial charge in [0, 0.05) is 42.3 Å². The van der Waals surface area contributed by atoms with Crippen molar-refractivity contribution in [1.29, 1.82) is 0 Å². The number of rotatable bonds is 6. The Morgan fingerprint density at radius 1 is 0.490 bits per heavy atom. The van der Waals surface area contributed by atoms with E-state index in [1.54, 1.807) is 52.6 Å². The van der Waals surface area contributed by atoms with E-state index in [9.17, 15) is 0 Å². The number of thiophene rings is 1. The Morgan fingerprint density at radius 2 is 1.14 bits per heavy atom. The van der Waals surface area contributed by atoms with E-state index in [0.29, 0.717) is 17.1 Å². The van der Waals surface area contributed by atoms with E-state index in [1.165, 1.54) is 44.7 Å². The van der Waals surface area contributed by atoms with Gasteiger partial charge in [-0.2, -0.15) is 0 Å². The summed E-state index contributed by atoms with van der Waals surface area (Å²) in [6.45, 7) is 0. The highest BCUT2D eigenvalue weighted by molar-refractivity contribution is 7.25. The number of para-hydroxylation sites is 3. The molecule has 51 heavy (non-hydrogen) atoms. The SMILES string of the molecule is Fc1ccccc1N(c1ccc2c(c1)sc1cc(/C=C/c3cc4ccc5cccc6c5c4c(c3)n6-c3ccccc3)ccc12)c1ccccc1F. The summed E-state index contributed by atoms with van der Waals surface area (Å²) in [6, 6.07) is 51.7. The fraction of sp³-hybridized carbons (Fsp3) is 0. The molecule has 0 aliphatic carbocycles. The highest BCUT2D eigenvalue weighted by Gasteiger charge is 2.20. The minimum atomic E-state index is -0.417. The average molecular weight is 679 g/mol. The Bertz CT molecular complexity index is 2910. The number of anilines is 3. The summed E-state index contributed by atoms with van der Waals surface area (Å²) in [6.07, 6.45) is 4.37. The Balaban J connectivity index is 1.05. The van der Waals surface area contributed by atoms with Gasteiger partial charge >= 0.3 is 0 Å². The van der Waals surface area contributed by atoms with Crippen LogP contribution in [-0.2, 0) is 0 Å². The first-order valence-electron chi connectivity index (χ1n) is 16.9. The molecule has 2 nitrogen and oxygen atoms in total. The van der Waals surface area contributed by atoms with Crippen molar-refractivity contribution in [2.75, 3.05) is 4.90 Å². The van der Waals surface area contributed by atoms with Crippen molar-refractivity contribution in [3.8, 4) is 5.69 Å². The lowest BCUT2D eigenvalue weighted by atomic mass is 10.00. The van der Waals surface area contributed by atoms with Crippen molar-refractivity contribution in [2.24, 2.45) is 0 Å². The molecule has 5 heteroatoms. The molecule has 0 aliphatic rings. The van der Waals surface area contributed by atoms with Crippen molar-refractivity contribution >= 4 is 93.3 Å². The lowest BCUT2D eigenvalue weighted by molar-refractivity contribution is 0.619. The Labute approximate surface area is 296 Å². The number of halogens is 2. The van der Waals surface area contributed by atoms with Crippen LogP contribution in [0.2, 0.25) is 0 Å². The third kappa shape index (κ3) is 4.81. The molecule has 0 fully saturated rings. The number of aromatic nitrogens is 1. The zero-order valence-corrected chi connectivity index (χ0v) is 28.0. The smallest absolute Gasteiger partial charge is 0.147 e. The molecule has 0 saturated heterocycles. The lowest BCUT2D eigenvalue weighted by Crippen LogP contribution is -2.13. The topological polar surface area (TPSA) is 8.17 Å². The van der Waals surface area contributed by atoms with Crippen LogP contribution in [0.4, 0.5) is 25.8 Å². The normalized spacial score (nSPS) is 12.0. The molecular formula is C46H28F2N2S. The first-order valence-corrected chi connectivity index (χ1v) is 17.7. The van der Waals surface area contributed by atoms with Crippen LogP contribution in [0.15, 0.2) is 158 Å². The number of hydrogen-bond acceptors (Lipinski definition) is 2. The van der Waals surface area contributed by atoms with E-state index < -0.39 is 11.6 Å². The number of nitrogens with zero attached hydrogens (tertiary/aromatic N) is 2. The van der Waals surface area contributed by atoms with Gasteiger partial charge in [-0.3, -0.25) is 0 Å². The first-order chi connectivity index (χ1) is 25.1. The summed E-state index contributed by atoms with van der Waals surface area (Å²) in [4.78, 5) is 1.65. The van der Waals surface area contributed by atoms with Crippen LogP contribution in [0.5, 0.6) is 0 Å². The lowest BCUT2D eigenvalue weighted by Gasteiger charge is -2.26. The summed E-state index contributed by atoms with van der Waals surface area (Å²) < 4.78 is 34.9. The monoisotopic (exact) mass is 678 g/mol. The van der Waals surface area contributed by atoms with Gasteiger partial charge in [-0.05, 0) is 94.7 Å². The van der Waals surface area contributed by atoms with Gasteiger partial charge < -0.3 is 9.47 Å². The van der Waals surface area contributed by atoms with Gasteiger partial charge in [-0.15, -0.1) is 11.3 Å².